The molecular weight excluding hydrogens is 798 g/mol. The van der Waals surface area contributed by atoms with E-state index in [1.165, 1.54) is 76.3 Å². The lowest BCUT2D eigenvalue weighted by molar-refractivity contribution is -0.0418. The fourth-order valence-electron chi connectivity index (χ4n) is 12.5. The lowest BCUT2D eigenvalue weighted by Gasteiger charge is -2.62. The van der Waals surface area contributed by atoms with Gasteiger partial charge in [0.15, 0.2) is 17.5 Å². The van der Waals surface area contributed by atoms with Crippen molar-refractivity contribution in [1.82, 2.24) is 15.0 Å². The van der Waals surface area contributed by atoms with Crippen LogP contribution >= 0.6 is 7.14 Å². The molecule has 4 saturated carbocycles. The number of hydrogen-bond acceptors (Lipinski definition) is 4. The molecule has 0 amide bonds. The molecule has 0 spiro atoms. The van der Waals surface area contributed by atoms with Gasteiger partial charge in [0.1, 0.15) is 7.14 Å². The summed E-state index contributed by atoms with van der Waals surface area (Å²) in [5.41, 5.74) is 10.5. The zero-order valence-electron chi connectivity index (χ0n) is 36.4. The van der Waals surface area contributed by atoms with Crippen molar-refractivity contribution in [2.45, 2.75) is 37.5 Å². The molecule has 64 heavy (non-hydrogen) atoms. The van der Waals surface area contributed by atoms with E-state index in [1.54, 1.807) is 0 Å². The third kappa shape index (κ3) is 6.49. The van der Waals surface area contributed by atoms with Crippen LogP contribution < -0.4 is 5.30 Å². The molecule has 4 fully saturated rings. The number of hydrogen-bond donors (Lipinski definition) is 0. The highest BCUT2D eigenvalue weighted by atomic mass is 31.2. The summed E-state index contributed by atoms with van der Waals surface area (Å²) in [6.07, 6.45) is 6.56. The Morgan fingerprint density at radius 2 is 0.859 bits per heavy atom. The maximum atomic E-state index is 12.9. The van der Waals surface area contributed by atoms with Gasteiger partial charge in [-0.15, -0.1) is 0 Å². The van der Waals surface area contributed by atoms with Crippen molar-refractivity contribution < 1.29 is 4.57 Å². The molecule has 4 bridgehead atoms. The second-order valence-electron chi connectivity index (χ2n) is 19.1. The zero-order valence-corrected chi connectivity index (χ0v) is 37.3. The van der Waals surface area contributed by atoms with Crippen molar-refractivity contribution in [3.05, 3.63) is 193 Å². The Kier molecular flexibility index (Phi) is 9.39. The molecule has 0 N–H and O–H groups in total. The van der Waals surface area contributed by atoms with E-state index in [0.717, 1.165) is 44.6 Å². The first-order valence-corrected chi connectivity index (χ1v) is 25.6. The Morgan fingerprint density at radius 1 is 0.406 bits per heavy atom. The highest BCUT2D eigenvalue weighted by Crippen LogP contribution is 2.65. The lowest BCUT2D eigenvalue weighted by atomic mass is 9.42. The standard InChI is InChI=1S/C59H50N3OP/c1-64(2,63)49-30-26-40(27-31-49)44-18-13-19-46(37-44)59(47-33-38-32-39(35-47)36-48(59)34-38)45-28-24-43(25-29-45)57-60-56(42-16-7-4-8-17-42)61-58(62-57)55-52-22-11-9-20-50(52)54(41-14-5-3-6-15-41)51-21-10-12-23-53(51)55/h3-31,37-39,47-48H,32-36H2,1-2H3. The summed E-state index contributed by atoms with van der Waals surface area (Å²) in [5.74, 6) is 4.84. The highest BCUT2D eigenvalue weighted by Gasteiger charge is 2.58. The van der Waals surface area contributed by atoms with E-state index in [9.17, 15) is 4.57 Å². The summed E-state index contributed by atoms with van der Waals surface area (Å²) >= 11 is 0. The summed E-state index contributed by atoms with van der Waals surface area (Å²) in [4.78, 5) is 16.0. The topological polar surface area (TPSA) is 55.7 Å². The smallest absolute Gasteiger partial charge is 0.165 e. The van der Waals surface area contributed by atoms with E-state index < -0.39 is 7.14 Å². The summed E-state index contributed by atoms with van der Waals surface area (Å²) < 4.78 is 12.9. The molecule has 8 aromatic carbocycles. The van der Waals surface area contributed by atoms with Crippen molar-refractivity contribution in [2.24, 2.45) is 23.7 Å². The molecule has 0 unspecified atom stereocenters. The van der Waals surface area contributed by atoms with Gasteiger partial charge in [-0.1, -0.05) is 182 Å². The summed E-state index contributed by atoms with van der Waals surface area (Å²) in [7, 11) is -2.34. The average molecular weight is 848 g/mol. The van der Waals surface area contributed by atoms with Crippen LogP contribution in [0, 0.1) is 23.7 Å². The van der Waals surface area contributed by atoms with E-state index in [4.69, 9.17) is 15.0 Å². The molecule has 4 aliphatic carbocycles. The largest absolute Gasteiger partial charge is 0.319 e. The molecule has 0 atom stereocenters. The molecule has 1 aromatic heterocycles. The third-order valence-electron chi connectivity index (χ3n) is 15.1. The average Bonchev–Trinajstić information content (AvgIpc) is 3.33. The normalized spacial score (nSPS) is 21.4. The van der Waals surface area contributed by atoms with Gasteiger partial charge < -0.3 is 4.57 Å². The van der Waals surface area contributed by atoms with Gasteiger partial charge in [0.05, 0.1) is 0 Å². The first kappa shape index (κ1) is 39.1. The summed E-state index contributed by atoms with van der Waals surface area (Å²) in [5, 5.41) is 5.50. The lowest BCUT2D eigenvalue weighted by Crippen LogP contribution is -2.56. The van der Waals surface area contributed by atoms with E-state index >= 15 is 0 Å². The SMILES string of the molecule is CP(C)(=O)c1ccc(-c2cccc(C3(c4ccc(-c5nc(-c6ccccc6)nc(-c6c7ccccc7c(-c7ccccc7)c7ccccc67)n5)cc4)C4CC5CC(C4)CC3C5)c2)cc1. The minimum absolute atomic E-state index is 0.0811. The van der Waals surface area contributed by atoms with Crippen LogP contribution in [0.2, 0.25) is 0 Å². The molecule has 1 heterocycles. The van der Waals surface area contributed by atoms with Crippen LogP contribution in [-0.2, 0) is 9.98 Å². The zero-order chi connectivity index (χ0) is 43.0. The molecule has 4 nitrogen and oxygen atoms in total. The van der Waals surface area contributed by atoms with Gasteiger partial charge >= 0.3 is 0 Å². The Bertz CT molecular complexity index is 3180. The van der Waals surface area contributed by atoms with Crippen molar-refractivity contribution in [3.63, 3.8) is 0 Å². The summed E-state index contributed by atoms with van der Waals surface area (Å²) in [6.45, 7) is 3.69. The van der Waals surface area contributed by atoms with Crippen LogP contribution in [0.15, 0.2) is 182 Å². The van der Waals surface area contributed by atoms with Gasteiger partial charge in [0.25, 0.3) is 0 Å². The minimum Gasteiger partial charge on any atom is -0.319 e. The molecule has 0 radical (unpaired) electrons. The molecule has 0 aliphatic heterocycles. The van der Waals surface area contributed by atoms with Gasteiger partial charge in [0.2, 0.25) is 0 Å². The van der Waals surface area contributed by atoms with Crippen LogP contribution in [-0.4, -0.2) is 28.3 Å². The van der Waals surface area contributed by atoms with E-state index in [0.29, 0.717) is 29.3 Å². The fraction of sp³-hybridized carbons (Fsp3) is 0.203. The molecule has 13 rings (SSSR count). The Morgan fingerprint density at radius 3 is 1.41 bits per heavy atom. The first-order chi connectivity index (χ1) is 31.3. The molecule has 9 aromatic rings. The van der Waals surface area contributed by atoms with Crippen LogP contribution in [0.1, 0.15) is 43.2 Å². The van der Waals surface area contributed by atoms with E-state index in [2.05, 4.69) is 176 Å². The minimum atomic E-state index is -2.34. The second-order valence-corrected chi connectivity index (χ2v) is 22.3. The molecular formula is C59H50N3OP. The maximum absolute atomic E-state index is 12.9. The first-order valence-electron chi connectivity index (χ1n) is 23.0. The van der Waals surface area contributed by atoms with Gasteiger partial charge in [-0.05, 0) is 124 Å². The number of aromatic nitrogens is 3. The van der Waals surface area contributed by atoms with Crippen LogP contribution in [0.4, 0.5) is 0 Å². The van der Waals surface area contributed by atoms with E-state index in [1.807, 2.05) is 19.4 Å². The number of benzene rings is 8. The third-order valence-corrected chi connectivity index (χ3v) is 16.6. The number of rotatable bonds is 8. The van der Waals surface area contributed by atoms with Crippen molar-refractivity contribution in [1.29, 1.82) is 0 Å². The highest BCUT2D eigenvalue weighted by molar-refractivity contribution is 7.70. The number of nitrogens with zero attached hydrogens (tertiary/aromatic N) is 3. The van der Waals surface area contributed by atoms with Crippen molar-refractivity contribution >= 4 is 34.0 Å². The monoisotopic (exact) mass is 847 g/mol. The van der Waals surface area contributed by atoms with Crippen LogP contribution in [0.3, 0.4) is 0 Å². The van der Waals surface area contributed by atoms with E-state index in [-0.39, 0.29) is 5.41 Å². The van der Waals surface area contributed by atoms with Crippen LogP contribution in [0.5, 0.6) is 0 Å². The van der Waals surface area contributed by atoms with Crippen molar-refractivity contribution in [3.8, 4) is 56.4 Å². The molecule has 5 heteroatoms. The Hall–Kier alpha value is -6.48. The van der Waals surface area contributed by atoms with Gasteiger partial charge in [0, 0.05) is 27.4 Å². The quantitative estimate of drug-likeness (QED) is 0.113. The Labute approximate surface area is 375 Å². The predicted molar refractivity (Wildman–Crippen MR) is 265 cm³/mol. The number of fused-ring (bicyclic) bond motifs is 2. The Balaban J connectivity index is 1.01. The second kappa shape index (κ2) is 15.4. The van der Waals surface area contributed by atoms with Gasteiger partial charge in [-0.2, -0.15) is 0 Å². The fourth-order valence-corrected chi connectivity index (χ4v) is 13.4. The summed E-state index contributed by atoms with van der Waals surface area (Å²) in [6, 6.07) is 65.6. The maximum Gasteiger partial charge on any atom is 0.165 e. The van der Waals surface area contributed by atoms with Gasteiger partial charge in [-0.3, -0.25) is 0 Å². The van der Waals surface area contributed by atoms with Gasteiger partial charge in [-0.25, -0.2) is 15.0 Å². The van der Waals surface area contributed by atoms with Crippen LogP contribution in [0.25, 0.3) is 78.0 Å². The molecule has 0 saturated heterocycles. The molecule has 4 aliphatic rings. The predicted octanol–water partition coefficient (Wildman–Crippen LogP) is 14.5. The molecule has 312 valence electrons. The van der Waals surface area contributed by atoms with Crippen molar-refractivity contribution in [2.75, 3.05) is 13.3 Å².